The Labute approximate surface area is 150 Å². The average Bonchev–Trinajstić information content (AvgIpc) is 3.03. The van der Waals surface area contributed by atoms with Gasteiger partial charge in [-0.3, -0.25) is 15.0 Å². The minimum Gasteiger partial charge on any atom is -0.478 e. The first kappa shape index (κ1) is 17.4. The number of hydrogen-bond acceptors (Lipinski definition) is 6. The molecule has 0 saturated carbocycles. The third kappa shape index (κ3) is 3.98. The molecule has 10 heteroatoms. The van der Waals surface area contributed by atoms with Crippen LogP contribution in [0.3, 0.4) is 0 Å². The Balaban J connectivity index is 1.58. The molecule has 0 radical (unpaired) electrons. The number of urea groups is 1. The van der Waals surface area contributed by atoms with E-state index < -0.39 is 23.1 Å². The van der Waals surface area contributed by atoms with E-state index in [1.807, 2.05) is 30.3 Å². The van der Waals surface area contributed by atoms with E-state index in [9.17, 15) is 24.3 Å². The quantitative estimate of drug-likeness (QED) is 0.451. The summed E-state index contributed by atoms with van der Waals surface area (Å²) >= 11 is 1.04. The SMILES string of the molecule is O=C(NCc1ccccc1)NCc1cc(C(=O)O)c(Nn2c(=O)c2=O)s1. The topological polar surface area (TPSA) is 130 Å². The lowest BCUT2D eigenvalue weighted by molar-refractivity contribution is 0.0698. The number of aromatic nitrogens is 1. The number of thiophene rings is 1. The first-order chi connectivity index (χ1) is 12.5. The van der Waals surface area contributed by atoms with Crippen molar-refractivity contribution >= 4 is 28.3 Å². The van der Waals surface area contributed by atoms with Crippen molar-refractivity contribution in [2.75, 3.05) is 5.43 Å². The van der Waals surface area contributed by atoms with E-state index in [0.717, 1.165) is 21.6 Å². The van der Waals surface area contributed by atoms with Crippen LogP contribution < -0.4 is 27.2 Å². The van der Waals surface area contributed by atoms with Gasteiger partial charge >= 0.3 is 23.1 Å². The first-order valence-corrected chi connectivity index (χ1v) is 8.34. The van der Waals surface area contributed by atoms with E-state index in [4.69, 9.17) is 0 Å². The van der Waals surface area contributed by atoms with Gasteiger partial charge in [-0.15, -0.1) is 11.3 Å². The number of amides is 2. The number of carboxylic acid groups (broad SMARTS) is 1. The number of carbonyl (C=O) groups is 2. The van der Waals surface area contributed by atoms with Crippen molar-refractivity contribution in [1.82, 2.24) is 15.3 Å². The van der Waals surface area contributed by atoms with Crippen LogP contribution in [0.25, 0.3) is 0 Å². The maximum Gasteiger partial charge on any atom is 0.340 e. The minimum absolute atomic E-state index is 0.0796. The monoisotopic (exact) mass is 374 g/mol. The second-order valence-electron chi connectivity index (χ2n) is 5.34. The lowest BCUT2D eigenvalue weighted by atomic mass is 10.2. The molecular formula is C16H14N4O5S. The molecule has 134 valence electrons. The van der Waals surface area contributed by atoms with Crippen LogP contribution in [-0.2, 0) is 13.1 Å². The van der Waals surface area contributed by atoms with E-state index in [1.165, 1.54) is 6.07 Å². The Hall–Kier alpha value is -3.40. The molecule has 0 aliphatic carbocycles. The highest BCUT2D eigenvalue weighted by atomic mass is 32.1. The zero-order valence-electron chi connectivity index (χ0n) is 13.3. The predicted molar refractivity (Wildman–Crippen MR) is 95.2 cm³/mol. The van der Waals surface area contributed by atoms with Crippen LogP contribution in [0.1, 0.15) is 20.8 Å². The summed E-state index contributed by atoms with van der Waals surface area (Å²) in [7, 11) is 0. The summed E-state index contributed by atoms with van der Waals surface area (Å²) < 4.78 is 0.724. The zero-order chi connectivity index (χ0) is 18.7. The van der Waals surface area contributed by atoms with Gasteiger partial charge in [0.15, 0.2) is 0 Å². The fourth-order valence-electron chi connectivity index (χ4n) is 2.12. The van der Waals surface area contributed by atoms with Crippen molar-refractivity contribution in [3.05, 3.63) is 73.1 Å². The van der Waals surface area contributed by atoms with Gasteiger partial charge < -0.3 is 15.7 Å². The predicted octanol–water partition coefficient (Wildman–Crippen LogP) is 0.718. The van der Waals surface area contributed by atoms with Crippen LogP contribution in [0.2, 0.25) is 0 Å². The number of carboxylic acids is 1. The van der Waals surface area contributed by atoms with E-state index in [0.29, 0.717) is 11.4 Å². The van der Waals surface area contributed by atoms with Crippen molar-refractivity contribution in [1.29, 1.82) is 0 Å². The lowest BCUT2D eigenvalue weighted by Crippen LogP contribution is -2.34. The normalized spacial score (nSPS) is 10.6. The highest BCUT2D eigenvalue weighted by Gasteiger charge is 2.21. The zero-order valence-corrected chi connectivity index (χ0v) is 14.1. The van der Waals surface area contributed by atoms with E-state index in [-0.39, 0.29) is 17.1 Å². The number of benzene rings is 1. The number of aromatic carboxylic acids is 1. The highest BCUT2D eigenvalue weighted by Crippen LogP contribution is 2.28. The Bertz CT molecular complexity index is 991. The van der Waals surface area contributed by atoms with Crippen LogP contribution in [0, 0.1) is 0 Å². The summed E-state index contributed by atoms with van der Waals surface area (Å²) in [5.41, 5.74) is 1.88. The fourth-order valence-corrected chi connectivity index (χ4v) is 3.09. The smallest absolute Gasteiger partial charge is 0.340 e. The maximum absolute atomic E-state index is 11.8. The number of nitrogens with zero attached hydrogens (tertiary/aromatic N) is 1. The Morgan fingerprint density at radius 3 is 2.31 bits per heavy atom. The van der Waals surface area contributed by atoms with E-state index >= 15 is 0 Å². The number of nitrogens with one attached hydrogen (secondary N) is 3. The summed E-state index contributed by atoms with van der Waals surface area (Å²) in [6.45, 7) is 0.471. The lowest BCUT2D eigenvalue weighted by Gasteiger charge is -2.06. The summed E-state index contributed by atoms with van der Waals surface area (Å²) in [5, 5.41) is 14.7. The number of carbonyl (C=O) groups excluding carboxylic acids is 1. The molecule has 9 nitrogen and oxygen atoms in total. The van der Waals surface area contributed by atoms with E-state index in [2.05, 4.69) is 16.1 Å². The molecule has 0 aliphatic rings. The van der Waals surface area contributed by atoms with Gasteiger partial charge in [-0.05, 0) is 11.6 Å². The number of hydrogen-bond donors (Lipinski definition) is 4. The van der Waals surface area contributed by atoms with Crippen LogP contribution >= 0.6 is 11.3 Å². The Morgan fingerprint density at radius 2 is 1.69 bits per heavy atom. The van der Waals surface area contributed by atoms with Gasteiger partial charge in [0.05, 0.1) is 12.1 Å². The van der Waals surface area contributed by atoms with Crippen LogP contribution in [-0.4, -0.2) is 21.8 Å². The molecule has 0 aliphatic heterocycles. The molecule has 0 saturated heterocycles. The summed E-state index contributed by atoms with van der Waals surface area (Å²) in [6, 6.07) is 10.4. The van der Waals surface area contributed by atoms with Crippen molar-refractivity contribution in [3.8, 4) is 0 Å². The minimum atomic E-state index is -1.20. The van der Waals surface area contributed by atoms with Crippen molar-refractivity contribution in [3.63, 3.8) is 0 Å². The van der Waals surface area contributed by atoms with Crippen molar-refractivity contribution < 1.29 is 14.7 Å². The number of rotatable bonds is 7. The Morgan fingerprint density at radius 1 is 1.04 bits per heavy atom. The van der Waals surface area contributed by atoms with Gasteiger partial charge in [-0.1, -0.05) is 30.3 Å². The molecule has 2 heterocycles. The van der Waals surface area contributed by atoms with Gasteiger partial charge in [0.2, 0.25) is 0 Å². The molecule has 0 atom stereocenters. The molecule has 3 rings (SSSR count). The molecular weight excluding hydrogens is 360 g/mol. The molecule has 1 aromatic carbocycles. The molecule has 26 heavy (non-hydrogen) atoms. The average molecular weight is 374 g/mol. The van der Waals surface area contributed by atoms with Crippen LogP contribution in [0.15, 0.2) is 46.0 Å². The third-order valence-electron chi connectivity index (χ3n) is 3.49. The van der Waals surface area contributed by atoms with Gasteiger partial charge in [-0.25, -0.2) is 9.59 Å². The molecule has 0 fully saturated rings. The molecule has 2 amide bonds. The standard InChI is InChI=1S/C16H14N4O5S/c21-13-14(22)20(13)19-12-11(15(23)24)6-10(26-12)8-18-16(25)17-7-9-4-2-1-3-5-9/h1-6,19H,7-8H2,(H,23,24)(H2,17,18,25). The molecule has 3 aromatic rings. The summed E-state index contributed by atoms with van der Waals surface area (Å²) in [6.07, 6.45) is 0. The third-order valence-corrected chi connectivity index (χ3v) is 4.52. The second-order valence-corrected chi connectivity index (χ2v) is 6.48. The molecule has 0 unspecified atom stereocenters. The largest absolute Gasteiger partial charge is 0.478 e. The Kier molecular flexibility index (Phi) is 4.85. The van der Waals surface area contributed by atoms with Gasteiger partial charge in [0, 0.05) is 11.4 Å². The first-order valence-electron chi connectivity index (χ1n) is 7.52. The highest BCUT2D eigenvalue weighted by molar-refractivity contribution is 7.16. The van der Waals surface area contributed by atoms with Gasteiger partial charge in [0.1, 0.15) is 5.00 Å². The molecule has 0 spiro atoms. The van der Waals surface area contributed by atoms with Crippen LogP contribution in [0.5, 0.6) is 0 Å². The van der Waals surface area contributed by atoms with Crippen molar-refractivity contribution in [2.24, 2.45) is 0 Å². The number of anilines is 1. The van der Waals surface area contributed by atoms with Crippen molar-refractivity contribution in [2.45, 2.75) is 13.1 Å². The summed E-state index contributed by atoms with van der Waals surface area (Å²) in [5.74, 6) is -1.20. The van der Waals surface area contributed by atoms with Gasteiger partial charge in [0.25, 0.3) is 0 Å². The van der Waals surface area contributed by atoms with E-state index in [1.54, 1.807) is 0 Å². The summed E-state index contributed by atoms with van der Waals surface area (Å²) in [4.78, 5) is 45.7. The van der Waals surface area contributed by atoms with Gasteiger partial charge in [-0.2, -0.15) is 4.68 Å². The molecule has 0 bridgehead atoms. The maximum atomic E-state index is 11.8. The molecule has 2 aromatic heterocycles. The molecule has 4 N–H and O–H groups in total. The second kappa shape index (κ2) is 7.23. The fraction of sp³-hybridized carbons (Fsp3) is 0.125. The van der Waals surface area contributed by atoms with Crippen LogP contribution in [0.4, 0.5) is 9.80 Å².